The van der Waals surface area contributed by atoms with Gasteiger partial charge in [0.15, 0.2) is 0 Å². The quantitative estimate of drug-likeness (QED) is 0.497. The van der Waals surface area contributed by atoms with E-state index in [0.29, 0.717) is 10.9 Å². The summed E-state index contributed by atoms with van der Waals surface area (Å²) in [6.45, 7) is 2.31. The molecule has 1 N–H and O–H groups in total. The molecule has 0 aliphatic rings. The monoisotopic (exact) mass is 411 g/mol. The summed E-state index contributed by atoms with van der Waals surface area (Å²) in [5, 5.41) is 3.69. The van der Waals surface area contributed by atoms with E-state index >= 15 is 0 Å². The number of carbonyl (C=O) groups is 1. The van der Waals surface area contributed by atoms with Crippen molar-refractivity contribution < 1.29 is 4.79 Å². The second-order valence-electron chi connectivity index (χ2n) is 7.67. The Morgan fingerprint density at radius 1 is 0.903 bits per heavy atom. The number of nitrogens with zero attached hydrogens (tertiary/aromatic N) is 2. The molecule has 4 aromatic rings. The largest absolute Gasteiger partial charge is 0.353 e. The zero-order valence-electron chi connectivity index (χ0n) is 17.4. The molecule has 0 spiro atoms. The Morgan fingerprint density at radius 3 is 2.13 bits per heavy atom. The molecule has 156 valence electrons. The van der Waals surface area contributed by atoms with Crippen molar-refractivity contribution in [3.8, 4) is 0 Å². The van der Waals surface area contributed by atoms with E-state index in [1.165, 1.54) is 10.9 Å². The van der Waals surface area contributed by atoms with Crippen LogP contribution in [-0.2, 0) is 11.3 Å². The summed E-state index contributed by atoms with van der Waals surface area (Å²) < 4.78 is 1.50. The molecular weight excluding hydrogens is 386 g/mol. The first-order valence-electron chi connectivity index (χ1n) is 10.5. The molecule has 0 saturated carbocycles. The van der Waals surface area contributed by atoms with E-state index in [2.05, 4.69) is 34.6 Å². The van der Waals surface area contributed by atoms with E-state index in [1.807, 2.05) is 61.5 Å². The Morgan fingerprint density at radius 2 is 1.48 bits per heavy atom. The van der Waals surface area contributed by atoms with Gasteiger partial charge in [0.2, 0.25) is 5.91 Å². The number of aromatic nitrogens is 2. The minimum absolute atomic E-state index is 0.0383. The number of nitrogens with one attached hydrogen (secondary N) is 1. The molecule has 1 amide bonds. The molecule has 1 unspecified atom stereocenters. The summed E-state index contributed by atoms with van der Waals surface area (Å²) >= 11 is 0. The van der Waals surface area contributed by atoms with Crippen LogP contribution in [0.3, 0.4) is 0 Å². The van der Waals surface area contributed by atoms with E-state index in [-0.39, 0.29) is 36.4 Å². The minimum atomic E-state index is -0.127. The zero-order valence-corrected chi connectivity index (χ0v) is 17.4. The van der Waals surface area contributed by atoms with Crippen LogP contribution >= 0.6 is 0 Å². The fraction of sp³-hybridized carbons (Fsp3) is 0.192. The predicted molar refractivity (Wildman–Crippen MR) is 123 cm³/mol. The Bertz CT molecular complexity index is 1180. The number of para-hydroxylation sites is 1. The summed E-state index contributed by atoms with van der Waals surface area (Å²) in [5.74, 6) is -0.0548. The van der Waals surface area contributed by atoms with Crippen LogP contribution in [0.4, 0.5) is 0 Å². The number of rotatable bonds is 7. The molecule has 0 fully saturated rings. The molecule has 1 aromatic heterocycles. The lowest BCUT2D eigenvalue weighted by atomic mass is 9.86. The van der Waals surface area contributed by atoms with Crippen LogP contribution in [0.5, 0.6) is 0 Å². The first kappa shape index (κ1) is 20.5. The first-order chi connectivity index (χ1) is 15.1. The van der Waals surface area contributed by atoms with Crippen LogP contribution in [0.25, 0.3) is 10.9 Å². The van der Waals surface area contributed by atoms with Crippen LogP contribution in [0, 0.1) is 0 Å². The molecule has 1 atom stereocenters. The smallest absolute Gasteiger partial charge is 0.261 e. The van der Waals surface area contributed by atoms with Gasteiger partial charge in [-0.1, -0.05) is 72.8 Å². The average molecular weight is 412 g/mol. The fourth-order valence-electron chi connectivity index (χ4n) is 3.99. The molecule has 3 aromatic carbocycles. The minimum Gasteiger partial charge on any atom is -0.353 e. The maximum Gasteiger partial charge on any atom is 0.261 e. The standard InChI is InChI=1S/C26H25N3O2/c1-19(25(20-10-4-2-5-11-20)21-12-6-3-7-13-21)28-24(30)16-17-29-18-27-23-15-9-8-14-22(23)26(29)31/h2-15,18-19,25H,16-17H2,1H3,(H,28,30). The van der Waals surface area contributed by atoms with Crippen LogP contribution < -0.4 is 10.9 Å². The van der Waals surface area contributed by atoms with Crippen molar-refractivity contribution in [2.75, 3.05) is 0 Å². The van der Waals surface area contributed by atoms with Crippen molar-refractivity contribution in [2.24, 2.45) is 0 Å². The van der Waals surface area contributed by atoms with Crippen LogP contribution in [0.15, 0.2) is 96.1 Å². The molecule has 5 nitrogen and oxygen atoms in total. The average Bonchev–Trinajstić information content (AvgIpc) is 2.80. The zero-order chi connectivity index (χ0) is 21.6. The number of hydrogen-bond acceptors (Lipinski definition) is 3. The first-order valence-corrected chi connectivity index (χ1v) is 10.5. The van der Waals surface area contributed by atoms with Gasteiger partial charge in [-0.2, -0.15) is 0 Å². The van der Waals surface area contributed by atoms with E-state index < -0.39 is 0 Å². The lowest BCUT2D eigenvalue weighted by Gasteiger charge is -2.26. The second kappa shape index (κ2) is 9.39. The van der Waals surface area contributed by atoms with E-state index in [4.69, 9.17) is 0 Å². The topological polar surface area (TPSA) is 64.0 Å². The van der Waals surface area contributed by atoms with Gasteiger partial charge in [0, 0.05) is 24.9 Å². The van der Waals surface area contributed by atoms with Crippen molar-refractivity contribution in [3.63, 3.8) is 0 Å². The van der Waals surface area contributed by atoms with Crippen LogP contribution in [0.1, 0.15) is 30.4 Å². The number of carbonyl (C=O) groups excluding carboxylic acids is 1. The highest BCUT2D eigenvalue weighted by molar-refractivity contribution is 5.77. The van der Waals surface area contributed by atoms with Crippen molar-refractivity contribution in [3.05, 3.63) is 113 Å². The molecule has 0 radical (unpaired) electrons. The molecular formula is C26H25N3O2. The van der Waals surface area contributed by atoms with Crippen molar-refractivity contribution >= 4 is 16.8 Å². The maximum atomic E-state index is 12.7. The van der Waals surface area contributed by atoms with Gasteiger partial charge in [-0.25, -0.2) is 4.98 Å². The van der Waals surface area contributed by atoms with Gasteiger partial charge in [-0.3, -0.25) is 14.2 Å². The highest BCUT2D eigenvalue weighted by atomic mass is 16.2. The summed E-state index contributed by atoms with van der Waals surface area (Å²) in [6, 6.07) is 27.5. The molecule has 0 aliphatic heterocycles. The Balaban J connectivity index is 1.47. The van der Waals surface area contributed by atoms with Gasteiger partial charge in [0.05, 0.1) is 17.2 Å². The summed E-state index contributed by atoms with van der Waals surface area (Å²) in [6.07, 6.45) is 1.72. The van der Waals surface area contributed by atoms with Crippen molar-refractivity contribution in [1.82, 2.24) is 14.9 Å². The van der Waals surface area contributed by atoms with Gasteiger partial charge in [0.25, 0.3) is 5.56 Å². The van der Waals surface area contributed by atoms with Crippen molar-refractivity contribution in [1.29, 1.82) is 0 Å². The highest BCUT2D eigenvalue weighted by Gasteiger charge is 2.22. The second-order valence-corrected chi connectivity index (χ2v) is 7.67. The third-order valence-electron chi connectivity index (χ3n) is 5.52. The SMILES string of the molecule is CC(NC(=O)CCn1cnc2ccccc2c1=O)C(c1ccccc1)c1ccccc1. The summed E-state index contributed by atoms with van der Waals surface area (Å²) in [4.78, 5) is 29.7. The molecule has 0 saturated heterocycles. The number of hydrogen-bond donors (Lipinski definition) is 1. The Hall–Kier alpha value is -3.73. The Kier molecular flexibility index (Phi) is 6.22. The summed E-state index contributed by atoms with van der Waals surface area (Å²) in [7, 11) is 0. The fourth-order valence-corrected chi connectivity index (χ4v) is 3.99. The molecule has 31 heavy (non-hydrogen) atoms. The highest BCUT2D eigenvalue weighted by Crippen LogP contribution is 2.28. The molecule has 5 heteroatoms. The normalized spacial score (nSPS) is 12.1. The number of aryl methyl sites for hydroxylation is 1. The maximum absolute atomic E-state index is 12.7. The third kappa shape index (κ3) is 4.72. The van der Waals surface area contributed by atoms with Gasteiger partial charge in [0.1, 0.15) is 0 Å². The predicted octanol–water partition coefficient (Wildman–Crippen LogP) is 4.12. The van der Waals surface area contributed by atoms with Crippen LogP contribution in [-0.4, -0.2) is 21.5 Å². The van der Waals surface area contributed by atoms with Crippen molar-refractivity contribution in [2.45, 2.75) is 31.8 Å². The van der Waals surface area contributed by atoms with Gasteiger partial charge < -0.3 is 5.32 Å². The summed E-state index contributed by atoms with van der Waals surface area (Å²) in [5.41, 5.74) is 2.83. The van der Waals surface area contributed by atoms with Gasteiger partial charge >= 0.3 is 0 Å². The lowest BCUT2D eigenvalue weighted by Crippen LogP contribution is -2.38. The van der Waals surface area contributed by atoms with Gasteiger partial charge in [-0.05, 0) is 30.2 Å². The third-order valence-corrected chi connectivity index (χ3v) is 5.52. The molecule has 0 bridgehead atoms. The van der Waals surface area contributed by atoms with E-state index in [1.54, 1.807) is 6.07 Å². The number of benzene rings is 3. The Labute approximate surface area is 181 Å². The molecule has 1 heterocycles. The number of fused-ring (bicyclic) bond motifs is 1. The van der Waals surface area contributed by atoms with E-state index in [9.17, 15) is 9.59 Å². The lowest BCUT2D eigenvalue weighted by molar-refractivity contribution is -0.122. The molecule has 0 aliphatic carbocycles. The van der Waals surface area contributed by atoms with Crippen LogP contribution in [0.2, 0.25) is 0 Å². The molecule has 4 rings (SSSR count). The van der Waals surface area contributed by atoms with E-state index in [0.717, 1.165) is 11.1 Å². The number of amides is 1. The van der Waals surface area contributed by atoms with Gasteiger partial charge in [-0.15, -0.1) is 0 Å².